The fourth-order valence-electron chi connectivity index (χ4n) is 6.35. The van der Waals surface area contributed by atoms with Gasteiger partial charge in [-0.05, 0) is 69.8 Å². The van der Waals surface area contributed by atoms with Crippen molar-refractivity contribution in [3.8, 4) is 6.01 Å². The van der Waals surface area contributed by atoms with Gasteiger partial charge in [0.1, 0.15) is 11.6 Å². The standard InChI is InChI=1S/C24H25ClFN5O.C5H11N.C2H6/c1-32-24-28-19-13-30(20-4-2-3-14-5-8-18(26)22(25)21(14)20)10-9-17(19)23(29-24)31-11-15-6-7-16(12-31)27-15;1-6-4-2-3-5-6;1-2/h2-5,8,15-16,27H,6-7,9-13H2,1H3;2-5H2,1H3;1-2H3. The van der Waals surface area contributed by atoms with E-state index in [1.807, 2.05) is 32.0 Å². The number of hydrogen-bond acceptors (Lipinski definition) is 7. The number of anilines is 2. The normalized spacial score (nSPS) is 21.9. The number of nitrogens with zero attached hydrogens (tertiary/aromatic N) is 5. The number of ether oxygens (including phenoxy) is 1. The van der Waals surface area contributed by atoms with E-state index in [0.717, 1.165) is 54.0 Å². The molecule has 0 radical (unpaired) electrons. The molecule has 3 fully saturated rings. The van der Waals surface area contributed by atoms with Crippen LogP contribution >= 0.6 is 11.6 Å². The number of fused-ring (bicyclic) bond motifs is 4. The van der Waals surface area contributed by atoms with E-state index < -0.39 is 5.82 Å². The SMILES string of the molecule is CC.CN1CCCC1.COc1nc2c(c(N3CC4CCC(C3)N4)n1)CCN(c1cccc3ccc(F)c(Cl)c13)C2. The largest absolute Gasteiger partial charge is 0.467 e. The zero-order chi connectivity index (χ0) is 28.2. The summed E-state index contributed by atoms with van der Waals surface area (Å²) < 4.78 is 19.7. The number of aromatic nitrogens is 2. The summed E-state index contributed by atoms with van der Waals surface area (Å²) in [6, 6.07) is 10.6. The summed E-state index contributed by atoms with van der Waals surface area (Å²) in [4.78, 5) is 16.5. The summed E-state index contributed by atoms with van der Waals surface area (Å²) in [7, 11) is 3.79. The van der Waals surface area contributed by atoms with Gasteiger partial charge in [0.15, 0.2) is 0 Å². The minimum Gasteiger partial charge on any atom is -0.467 e. The van der Waals surface area contributed by atoms with Gasteiger partial charge in [-0.3, -0.25) is 0 Å². The van der Waals surface area contributed by atoms with Gasteiger partial charge in [0.25, 0.3) is 0 Å². The zero-order valence-corrected chi connectivity index (χ0v) is 25.0. The van der Waals surface area contributed by atoms with Crippen LogP contribution in [0.1, 0.15) is 50.8 Å². The van der Waals surface area contributed by atoms with E-state index in [2.05, 4.69) is 27.1 Å². The van der Waals surface area contributed by atoms with Crippen molar-refractivity contribution in [1.82, 2.24) is 20.2 Å². The van der Waals surface area contributed by atoms with E-state index in [4.69, 9.17) is 26.3 Å². The first-order chi connectivity index (χ1) is 19.5. The van der Waals surface area contributed by atoms with Crippen LogP contribution in [-0.4, -0.2) is 73.8 Å². The summed E-state index contributed by atoms with van der Waals surface area (Å²) in [5.74, 6) is 0.607. The van der Waals surface area contributed by atoms with E-state index in [1.165, 1.54) is 50.4 Å². The minimum atomic E-state index is -0.399. The summed E-state index contributed by atoms with van der Waals surface area (Å²) in [5, 5.41) is 5.53. The number of methoxy groups -OCH3 is 1. The smallest absolute Gasteiger partial charge is 0.318 e. The third-order valence-corrected chi connectivity index (χ3v) is 8.67. The predicted octanol–water partition coefficient (Wildman–Crippen LogP) is 5.67. The molecule has 0 spiro atoms. The molecule has 7 nitrogen and oxygen atoms in total. The molecule has 4 aliphatic heterocycles. The maximum Gasteiger partial charge on any atom is 0.318 e. The molecule has 216 valence electrons. The molecule has 1 N–H and O–H groups in total. The highest BCUT2D eigenvalue weighted by molar-refractivity contribution is 6.36. The molecule has 3 saturated heterocycles. The molecule has 4 aliphatic rings. The molecule has 7 rings (SSSR count). The Morgan fingerprint density at radius 1 is 0.975 bits per heavy atom. The maximum atomic E-state index is 14.3. The van der Waals surface area contributed by atoms with Crippen molar-refractivity contribution in [3.63, 3.8) is 0 Å². The summed E-state index contributed by atoms with van der Waals surface area (Å²) in [6.07, 6.45) is 6.08. The summed E-state index contributed by atoms with van der Waals surface area (Å²) in [5.41, 5.74) is 3.09. The Morgan fingerprint density at radius 3 is 2.35 bits per heavy atom. The van der Waals surface area contributed by atoms with Gasteiger partial charge >= 0.3 is 6.01 Å². The van der Waals surface area contributed by atoms with Crippen molar-refractivity contribution < 1.29 is 9.13 Å². The second-order valence-electron chi connectivity index (χ2n) is 10.9. The van der Waals surface area contributed by atoms with Gasteiger partial charge in [-0.15, -0.1) is 0 Å². The first kappa shape index (κ1) is 28.8. The molecule has 2 atom stereocenters. The average molecular weight is 569 g/mol. The lowest BCUT2D eigenvalue weighted by molar-refractivity contribution is 0.374. The highest BCUT2D eigenvalue weighted by Gasteiger charge is 2.35. The van der Waals surface area contributed by atoms with Crippen molar-refractivity contribution in [2.75, 3.05) is 56.7 Å². The fraction of sp³-hybridized carbons (Fsp3) is 0.548. The molecule has 2 unspecified atom stereocenters. The first-order valence-electron chi connectivity index (χ1n) is 14.7. The van der Waals surface area contributed by atoms with Crippen LogP contribution in [0.25, 0.3) is 10.8 Å². The van der Waals surface area contributed by atoms with Crippen LogP contribution < -0.4 is 19.9 Å². The van der Waals surface area contributed by atoms with Crippen molar-refractivity contribution in [2.24, 2.45) is 0 Å². The summed E-state index contributed by atoms with van der Waals surface area (Å²) in [6.45, 7) is 9.96. The molecule has 2 aromatic carbocycles. The van der Waals surface area contributed by atoms with E-state index in [-0.39, 0.29) is 5.02 Å². The van der Waals surface area contributed by atoms with Crippen LogP contribution in [0.15, 0.2) is 30.3 Å². The topological polar surface area (TPSA) is 56.8 Å². The van der Waals surface area contributed by atoms with Crippen LogP contribution in [0.4, 0.5) is 15.9 Å². The lowest BCUT2D eigenvalue weighted by Gasteiger charge is -2.37. The van der Waals surface area contributed by atoms with Crippen LogP contribution in [0.2, 0.25) is 5.02 Å². The van der Waals surface area contributed by atoms with Crippen molar-refractivity contribution in [1.29, 1.82) is 0 Å². The number of benzene rings is 2. The van der Waals surface area contributed by atoms with Crippen LogP contribution in [0, 0.1) is 5.82 Å². The van der Waals surface area contributed by atoms with Gasteiger partial charge in [-0.2, -0.15) is 9.97 Å². The quantitative estimate of drug-likeness (QED) is 0.437. The van der Waals surface area contributed by atoms with Gasteiger partial charge in [-0.25, -0.2) is 4.39 Å². The Labute approximate surface area is 242 Å². The maximum absolute atomic E-state index is 14.3. The lowest BCUT2D eigenvalue weighted by Crippen LogP contribution is -2.52. The monoisotopic (exact) mass is 568 g/mol. The third kappa shape index (κ3) is 5.99. The molecule has 0 saturated carbocycles. The minimum absolute atomic E-state index is 0.168. The second kappa shape index (κ2) is 12.9. The molecular weight excluding hydrogens is 527 g/mol. The van der Waals surface area contributed by atoms with Gasteiger partial charge in [-0.1, -0.05) is 43.6 Å². The second-order valence-corrected chi connectivity index (χ2v) is 11.3. The number of rotatable bonds is 3. The number of nitrogens with one attached hydrogen (secondary N) is 1. The van der Waals surface area contributed by atoms with Gasteiger partial charge in [0.05, 0.1) is 24.4 Å². The highest BCUT2D eigenvalue weighted by atomic mass is 35.5. The van der Waals surface area contributed by atoms with Gasteiger partial charge < -0.3 is 24.8 Å². The number of piperazine rings is 1. The van der Waals surface area contributed by atoms with Crippen LogP contribution in [0.3, 0.4) is 0 Å². The molecular formula is C31H42ClFN6O. The molecule has 1 aromatic heterocycles. The van der Waals surface area contributed by atoms with E-state index in [0.29, 0.717) is 24.6 Å². The first-order valence-corrected chi connectivity index (χ1v) is 15.1. The van der Waals surface area contributed by atoms with Gasteiger partial charge in [0.2, 0.25) is 0 Å². The Bertz CT molecular complexity index is 1300. The lowest BCUT2D eigenvalue weighted by atomic mass is 10.0. The molecule has 5 heterocycles. The zero-order valence-electron chi connectivity index (χ0n) is 24.2. The Hall–Kier alpha value is -2.68. The third-order valence-electron chi connectivity index (χ3n) is 8.30. The predicted molar refractivity (Wildman–Crippen MR) is 162 cm³/mol. The number of likely N-dealkylation sites (tertiary alicyclic amines) is 1. The Kier molecular flexibility index (Phi) is 9.28. The molecule has 3 aromatic rings. The number of hydrogen-bond donors (Lipinski definition) is 1. The Morgan fingerprint density at radius 2 is 1.70 bits per heavy atom. The van der Waals surface area contributed by atoms with Crippen molar-refractivity contribution in [2.45, 2.75) is 64.6 Å². The molecule has 9 heteroatoms. The van der Waals surface area contributed by atoms with Gasteiger partial charge in [0, 0.05) is 48.4 Å². The highest BCUT2D eigenvalue weighted by Crippen LogP contribution is 2.38. The van der Waals surface area contributed by atoms with E-state index in [1.54, 1.807) is 13.2 Å². The average Bonchev–Trinajstić information content (AvgIpc) is 3.62. The fourth-order valence-corrected chi connectivity index (χ4v) is 6.62. The molecule has 40 heavy (non-hydrogen) atoms. The Balaban J connectivity index is 0.000000354. The van der Waals surface area contributed by atoms with E-state index >= 15 is 0 Å². The number of halogens is 2. The van der Waals surface area contributed by atoms with E-state index in [9.17, 15) is 4.39 Å². The van der Waals surface area contributed by atoms with Crippen molar-refractivity contribution in [3.05, 3.63) is 52.4 Å². The summed E-state index contributed by atoms with van der Waals surface area (Å²) >= 11 is 6.40. The van der Waals surface area contributed by atoms with Crippen LogP contribution in [0.5, 0.6) is 6.01 Å². The van der Waals surface area contributed by atoms with Crippen LogP contribution in [-0.2, 0) is 13.0 Å². The molecule has 0 amide bonds. The van der Waals surface area contributed by atoms with Crippen molar-refractivity contribution >= 4 is 33.9 Å². The molecule has 0 aliphatic carbocycles. The molecule has 2 bridgehead atoms.